The van der Waals surface area contributed by atoms with Crippen molar-refractivity contribution in [3.63, 3.8) is 0 Å². The smallest absolute Gasteiger partial charge is 0.339 e. The van der Waals surface area contributed by atoms with Crippen molar-refractivity contribution in [3.05, 3.63) is 53.6 Å². The number of rotatable bonds is 9. The van der Waals surface area contributed by atoms with Gasteiger partial charge in [-0.3, -0.25) is 0 Å². The number of hydrogen-bond acceptors (Lipinski definition) is 2. The molecule has 2 N–H and O–H groups in total. The Morgan fingerprint density at radius 2 is 1.58 bits per heavy atom. The highest BCUT2D eigenvalue weighted by Gasteiger charge is 2.13. The summed E-state index contributed by atoms with van der Waals surface area (Å²) in [6.45, 7) is 2.23. The lowest BCUT2D eigenvalue weighted by atomic mass is 9.98. The van der Waals surface area contributed by atoms with E-state index in [0.29, 0.717) is 5.56 Å². The normalized spacial score (nSPS) is 10.7. The average molecular weight is 326 g/mol. The Kier molecular flexibility index (Phi) is 6.86. The summed E-state index contributed by atoms with van der Waals surface area (Å²) in [4.78, 5) is 11.1. The van der Waals surface area contributed by atoms with Gasteiger partial charge in [0.15, 0.2) is 0 Å². The van der Waals surface area contributed by atoms with E-state index in [4.69, 9.17) is 5.11 Å². The minimum absolute atomic E-state index is 0.0661. The number of carboxylic acid groups (broad SMARTS) is 1. The quantitative estimate of drug-likeness (QED) is 0.584. The molecule has 2 aromatic carbocycles. The summed E-state index contributed by atoms with van der Waals surface area (Å²) < 4.78 is 0. The lowest BCUT2D eigenvalue weighted by Crippen LogP contribution is -1.97. The number of carbonyl (C=O) groups is 1. The molecular weight excluding hydrogens is 300 g/mol. The van der Waals surface area contributed by atoms with Crippen LogP contribution in [-0.4, -0.2) is 16.2 Å². The molecule has 3 nitrogen and oxygen atoms in total. The summed E-state index contributed by atoms with van der Waals surface area (Å²) in [5.74, 6) is -1.29. The van der Waals surface area contributed by atoms with Crippen LogP contribution in [0.3, 0.4) is 0 Å². The third kappa shape index (κ3) is 4.85. The first-order chi connectivity index (χ1) is 11.6. The summed E-state index contributed by atoms with van der Waals surface area (Å²) in [6.07, 6.45) is 8.76. The molecule has 0 aliphatic carbocycles. The van der Waals surface area contributed by atoms with E-state index >= 15 is 0 Å². The van der Waals surface area contributed by atoms with Crippen LogP contribution in [0.5, 0.6) is 5.75 Å². The van der Waals surface area contributed by atoms with Crippen molar-refractivity contribution in [2.45, 2.75) is 51.9 Å². The zero-order valence-electron chi connectivity index (χ0n) is 14.3. The van der Waals surface area contributed by atoms with E-state index < -0.39 is 5.97 Å². The Morgan fingerprint density at radius 1 is 0.917 bits per heavy atom. The van der Waals surface area contributed by atoms with Crippen LogP contribution in [0.1, 0.15) is 61.4 Å². The number of aromatic hydroxyl groups is 1. The van der Waals surface area contributed by atoms with Crippen LogP contribution in [0.25, 0.3) is 11.1 Å². The topological polar surface area (TPSA) is 57.5 Å². The largest absolute Gasteiger partial charge is 0.506 e. The van der Waals surface area contributed by atoms with Crippen LogP contribution >= 0.6 is 0 Å². The first kappa shape index (κ1) is 18.1. The molecule has 0 fully saturated rings. The summed E-state index contributed by atoms with van der Waals surface area (Å²) in [5, 5.41) is 19.2. The second kappa shape index (κ2) is 9.11. The number of hydrogen-bond donors (Lipinski definition) is 2. The SMILES string of the molecule is CCCCCCCCc1ccc(-c2cccc(C(=O)O)c2O)cc1. The standard InChI is InChI=1S/C21H26O3/c1-2-3-4-5-6-7-9-16-12-14-17(15-13-16)18-10-8-11-19(20(18)22)21(23)24/h8,10-15,22H,2-7,9H2,1H3,(H,23,24). The second-order valence-corrected chi connectivity index (χ2v) is 6.22. The maximum Gasteiger partial charge on any atom is 0.339 e. The highest BCUT2D eigenvalue weighted by atomic mass is 16.4. The summed E-state index contributed by atoms with van der Waals surface area (Å²) in [5.41, 5.74) is 2.61. The minimum atomic E-state index is -1.12. The van der Waals surface area contributed by atoms with E-state index in [-0.39, 0.29) is 11.3 Å². The highest BCUT2D eigenvalue weighted by Crippen LogP contribution is 2.32. The number of benzene rings is 2. The Bertz CT molecular complexity index is 659. The van der Waals surface area contributed by atoms with Gasteiger partial charge in [-0.05, 0) is 30.0 Å². The maximum atomic E-state index is 11.1. The van der Waals surface area contributed by atoms with Crippen molar-refractivity contribution in [3.8, 4) is 16.9 Å². The number of para-hydroxylation sites is 1. The molecule has 24 heavy (non-hydrogen) atoms. The molecule has 0 saturated carbocycles. The van der Waals surface area contributed by atoms with Crippen LogP contribution in [-0.2, 0) is 6.42 Å². The summed E-state index contributed by atoms with van der Waals surface area (Å²) in [6, 6.07) is 12.8. The summed E-state index contributed by atoms with van der Waals surface area (Å²) >= 11 is 0. The van der Waals surface area contributed by atoms with Gasteiger partial charge in [-0.25, -0.2) is 4.79 Å². The Balaban J connectivity index is 1.97. The molecule has 0 atom stereocenters. The van der Waals surface area contributed by atoms with Gasteiger partial charge in [0.05, 0.1) is 0 Å². The van der Waals surface area contributed by atoms with Gasteiger partial charge in [-0.15, -0.1) is 0 Å². The third-order valence-corrected chi connectivity index (χ3v) is 4.35. The average Bonchev–Trinajstić information content (AvgIpc) is 2.58. The van der Waals surface area contributed by atoms with E-state index in [1.165, 1.54) is 50.2 Å². The zero-order chi connectivity index (χ0) is 17.4. The molecule has 2 aromatic rings. The van der Waals surface area contributed by atoms with Crippen molar-refractivity contribution < 1.29 is 15.0 Å². The number of phenols is 1. The lowest BCUT2D eigenvalue weighted by Gasteiger charge is -2.08. The maximum absolute atomic E-state index is 11.1. The van der Waals surface area contributed by atoms with Gasteiger partial charge in [0, 0.05) is 5.56 Å². The molecule has 0 saturated heterocycles. The Morgan fingerprint density at radius 3 is 2.25 bits per heavy atom. The number of carboxylic acids is 1. The van der Waals surface area contributed by atoms with Gasteiger partial charge >= 0.3 is 5.97 Å². The fourth-order valence-corrected chi connectivity index (χ4v) is 2.91. The predicted molar refractivity (Wildman–Crippen MR) is 97.6 cm³/mol. The van der Waals surface area contributed by atoms with E-state index in [1.54, 1.807) is 12.1 Å². The monoisotopic (exact) mass is 326 g/mol. The first-order valence-electron chi connectivity index (χ1n) is 8.78. The molecular formula is C21H26O3. The van der Waals surface area contributed by atoms with Crippen LogP contribution in [0.2, 0.25) is 0 Å². The van der Waals surface area contributed by atoms with E-state index in [9.17, 15) is 9.90 Å². The zero-order valence-corrected chi connectivity index (χ0v) is 14.3. The van der Waals surface area contributed by atoms with Crippen LogP contribution in [0.4, 0.5) is 0 Å². The van der Waals surface area contributed by atoms with Gasteiger partial charge in [-0.1, -0.05) is 75.4 Å². The Labute approximate surface area is 144 Å². The van der Waals surface area contributed by atoms with Crippen molar-refractivity contribution in [2.24, 2.45) is 0 Å². The molecule has 0 aliphatic heterocycles. The molecule has 0 aromatic heterocycles. The molecule has 0 amide bonds. The molecule has 3 heteroatoms. The molecule has 0 spiro atoms. The van der Waals surface area contributed by atoms with E-state index in [2.05, 4.69) is 19.1 Å². The van der Waals surface area contributed by atoms with Gasteiger partial charge < -0.3 is 10.2 Å². The predicted octanol–water partition coefficient (Wildman–Crippen LogP) is 5.66. The second-order valence-electron chi connectivity index (χ2n) is 6.22. The number of aromatic carboxylic acids is 1. The fourth-order valence-electron chi connectivity index (χ4n) is 2.91. The fraction of sp³-hybridized carbons (Fsp3) is 0.381. The van der Waals surface area contributed by atoms with Gasteiger partial charge in [0.1, 0.15) is 11.3 Å². The number of aryl methyl sites for hydroxylation is 1. The van der Waals surface area contributed by atoms with Gasteiger partial charge in [0.2, 0.25) is 0 Å². The molecule has 0 unspecified atom stereocenters. The molecule has 0 bridgehead atoms. The van der Waals surface area contributed by atoms with Crippen molar-refractivity contribution >= 4 is 5.97 Å². The number of unbranched alkanes of at least 4 members (excludes halogenated alkanes) is 5. The molecule has 2 rings (SSSR count). The van der Waals surface area contributed by atoms with Crippen LogP contribution in [0, 0.1) is 0 Å². The van der Waals surface area contributed by atoms with E-state index in [1.807, 2.05) is 12.1 Å². The highest BCUT2D eigenvalue weighted by molar-refractivity contribution is 5.94. The lowest BCUT2D eigenvalue weighted by molar-refractivity contribution is 0.0694. The molecule has 0 heterocycles. The summed E-state index contributed by atoms with van der Waals surface area (Å²) in [7, 11) is 0. The molecule has 0 aliphatic rings. The van der Waals surface area contributed by atoms with Crippen molar-refractivity contribution in [2.75, 3.05) is 0 Å². The minimum Gasteiger partial charge on any atom is -0.506 e. The van der Waals surface area contributed by atoms with Gasteiger partial charge in [-0.2, -0.15) is 0 Å². The Hall–Kier alpha value is -2.29. The third-order valence-electron chi connectivity index (χ3n) is 4.35. The van der Waals surface area contributed by atoms with Crippen molar-refractivity contribution in [1.82, 2.24) is 0 Å². The van der Waals surface area contributed by atoms with Crippen molar-refractivity contribution in [1.29, 1.82) is 0 Å². The van der Waals surface area contributed by atoms with Gasteiger partial charge in [0.25, 0.3) is 0 Å². The van der Waals surface area contributed by atoms with Crippen LogP contribution in [0.15, 0.2) is 42.5 Å². The first-order valence-corrected chi connectivity index (χ1v) is 8.78. The van der Waals surface area contributed by atoms with Crippen LogP contribution < -0.4 is 0 Å². The molecule has 0 radical (unpaired) electrons. The van der Waals surface area contributed by atoms with E-state index in [0.717, 1.165) is 12.0 Å². The molecule has 128 valence electrons.